The van der Waals surface area contributed by atoms with E-state index in [2.05, 4.69) is 29.5 Å². The molecule has 0 spiro atoms. The smallest absolute Gasteiger partial charge is 0.119 e. The summed E-state index contributed by atoms with van der Waals surface area (Å²) in [5, 5.41) is 2.11. The van der Waals surface area contributed by atoms with Crippen molar-refractivity contribution >= 4 is 28.5 Å². The summed E-state index contributed by atoms with van der Waals surface area (Å²) in [5.74, 6) is 0.881. The van der Waals surface area contributed by atoms with E-state index in [1.807, 2.05) is 24.3 Å². The molecule has 0 unspecified atom stereocenters. The maximum absolute atomic E-state index is 5.75. The van der Waals surface area contributed by atoms with Crippen molar-refractivity contribution in [1.29, 1.82) is 0 Å². The van der Waals surface area contributed by atoms with E-state index in [9.17, 15) is 0 Å². The Morgan fingerprint density at radius 1 is 1.29 bits per heavy atom. The van der Waals surface area contributed by atoms with Crippen LogP contribution in [0.3, 0.4) is 0 Å². The van der Waals surface area contributed by atoms with Crippen LogP contribution in [0.15, 0.2) is 41.8 Å². The highest BCUT2D eigenvalue weighted by Crippen LogP contribution is 2.13. The molecular weight excluding hydrogens is 300 g/mol. The van der Waals surface area contributed by atoms with E-state index >= 15 is 0 Å². The third-order valence-corrected chi connectivity index (χ3v) is 4.05. The number of rotatable bonds is 8. The largest absolute Gasteiger partial charge is 0.492 e. The fourth-order valence-electron chi connectivity index (χ4n) is 1.97. The Balaban J connectivity index is 1.71. The summed E-state index contributed by atoms with van der Waals surface area (Å²) in [7, 11) is 2.11. The first-order chi connectivity index (χ1) is 10.1. The third kappa shape index (κ3) is 5.83. The molecule has 1 heterocycles. The van der Waals surface area contributed by atoms with E-state index in [-0.39, 0.29) is 0 Å². The van der Waals surface area contributed by atoms with Crippen LogP contribution in [0.1, 0.15) is 10.4 Å². The van der Waals surface area contributed by atoms with Crippen LogP contribution in [0.2, 0.25) is 0 Å². The molecule has 0 aliphatic carbocycles. The van der Waals surface area contributed by atoms with Crippen molar-refractivity contribution < 1.29 is 4.74 Å². The van der Waals surface area contributed by atoms with Gasteiger partial charge in [0.05, 0.1) is 4.99 Å². The Morgan fingerprint density at radius 2 is 2.05 bits per heavy atom. The summed E-state index contributed by atoms with van der Waals surface area (Å²) in [6.45, 7) is 2.54. The van der Waals surface area contributed by atoms with Gasteiger partial charge in [0.15, 0.2) is 0 Å². The Hall–Kier alpha value is -1.43. The van der Waals surface area contributed by atoms with E-state index < -0.39 is 0 Å². The van der Waals surface area contributed by atoms with Crippen LogP contribution in [0, 0.1) is 0 Å². The number of ether oxygens (including phenoxy) is 1. The Labute approximate surface area is 135 Å². The highest BCUT2D eigenvalue weighted by Gasteiger charge is 2.02. The molecule has 1 aromatic carbocycles. The van der Waals surface area contributed by atoms with Gasteiger partial charge in [0.1, 0.15) is 12.4 Å². The lowest BCUT2D eigenvalue weighted by molar-refractivity contribution is 0.234. The summed E-state index contributed by atoms with van der Waals surface area (Å²) >= 11 is 6.68. The fraction of sp³-hybridized carbons (Fsp3) is 0.312. The Bertz CT molecular complexity index is 552. The topological polar surface area (TPSA) is 38.5 Å². The summed E-state index contributed by atoms with van der Waals surface area (Å²) in [6.07, 6.45) is 0.638. The average molecular weight is 320 g/mol. The van der Waals surface area contributed by atoms with E-state index in [4.69, 9.17) is 22.7 Å². The van der Waals surface area contributed by atoms with E-state index in [1.54, 1.807) is 11.3 Å². The molecule has 0 saturated heterocycles. The van der Waals surface area contributed by atoms with Crippen LogP contribution in [0.5, 0.6) is 5.75 Å². The number of hydrogen-bond donors (Lipinski definition) is 1. The zero-order valence-corrected chi connectivity index (χ0v) is 13.8. The number of nitrogens with two attached hydrogens (primary N) is 1. The Morgan fingerprint density at radius 3 is 2.67 bits per heavy atom. The predicted octanol–water partition coefficient (Wildman–Crippen LogP) is 3.09. The van der Waals surface area contributed by atoms with Crippen molar-refractivity contribution in [3.63, 3.8) is 0 Å². The molecule has 0 radical (unpaired) electrons. The molecule has 0 bridgehead atoms. The van der Waals surface area contributed by atoms with Crippen molar-refractivity contribution in [1.82, 2.24) is 4.90 Å². The van der Waals surface area contributed by atoms with Gasteiger partial charge in [-0.1, -0.05) is 30.4 Å². The van der Waals surface area contributed by atoms with Gasteiger partial charge in [0, 0.05) is 24.4 Å². The molecule has 2 aromatic rings. The standard InChI is InChI=1S/C16H20N2OS2/c1-18(12-15-3-2-10-21-15)8-9-19-14-6-4-13(5-7-14)11-16(17)20/h2-7,10H,8-9,11-12H2,1H3,(H2,17,20). The first kappa shape index (κ1) is 15.9. The fourth-order valence-corrected chi connectivity index (χ4v) is 2.92. The first-order valence-electron chi connectivity index (χ1n) is 6.84. The van der Waals surface area contributed by atoms with Gasteiger partial charge in [-0.2, -0.15) is 0 Å². The van der Waals surface area contributed by atoms with E-state index in [1.165, 1.54) is 4.88 Å². The molecule has 0 atom stereocenters. The Kier molecular flexibility index (Phi) is 6.17. The first-order valence-corrected chi connectivity index (χ1v) is 8.13. The molecule has 0 aliphatic heterocycles. The molecule has 112 valence electrons. The molecule has 0 fully saturated rings. The molecule has 1 aromatic heterocycles. The number of thiophene rings is 1. The average Bonchev–Trinajstić information content (AvgIpc) is 2.93. The molecular formula is C16H20N2OS2. The van der Waals surface area contributed by atoms with Gasteiger partial charge in [0.25, 0.3) is 0 Å². The lowest BCUT2D eigenvalue weighted by atomic mass is 10.1. The molecule has 0 amide bonds. The van der Waals surface area contributed by atoms with Gasteiger partial charge in [-0.05, 0) is 36.2 Å². The molecule has 0 saturated carbocycles. The second kappa shape index (κ2) is 8.12. The van der Waals surface area contributed by atoms with Crippen LogP contribution in [-0.4, -0.2) is 30.1 Å². The summed E-state index contributed by atoms with van der Waals surface area (Å²) in [6, 6.07) is 12.2. The van der Waals surface area contributed by atoms with Gasteiger partial charge in [-0.3, -0.25) is 4.90 Å². The van der Waals surface area contributed by atoms with Gasteiger partial charge in [0.2, 0.25) is 0 Å². The van der Waals surface area contributed by atoms with E-state index in [0.29, 0.717) is 18.0 Å². The van der Waals surface area contributed by atoms with Crippen LogP contribution >= 0.6 is 23.6 Å². The maximum Gasteiger partial charge on any atom is 0.119 e. The second-order valence-corrected chi connectivity index (χ2v) is 6.51. The molecule has 0 aliphatic rings. The minimum absolute atomic E-state index is 0.513. The number of hydrogen-bond acceptors (Lipinski definition) is 4. The highest BCUT2D eigenvalue weighted by atomic mass is 32.1. The zero-order valence-electron chi connectivity index (χ0n) is 12.1. The normalized spacial score (nSPS) is 10.8. The molecule has 2 rings (SSSR count). The quantitative estimate of drug-likeness (QED) is 0.759. The van der Waals surface area contributed by atoms with Crippen LogP contribution < -0.4 is 10.5 Å². The molecule has 5 heteroatoms. The lowest BCUT2D eigenvalue weighted by Gasteiger charge is -2.16. The van der Waals surface area contributed by atoms with Crippen LogP contribution in [-0.2, 0) is 13.0 Å². The number of benzene rings is 1. The summed E-state index contributed by atoms with van der Waals surface area (Å²) in [5.41, 5.74) is 6.64. The summed E-state index contributed by atoms with van der Waals surface area (Å²) < 4.78 is 5.75. The predicted molar refractivity (Wildman–Crippen MR) is 93.1 cm³/mol. The van der Waals surface area contributed by atoms with E-state index in [0.717, 1.165) is 24.4 Å². The van der Waals surface area contributed by atoms with Crippen molar-refractivity contribution in [2.24, 2.45) is 5.73 Å². The minimum Gasteiger partial charge on any atom is -0.492 e. The van der Waals surface area contributed by atoms with Gasteiger partial charge < -0.3 is 10.5 Å². The van der Waals surface area contributed by atoms with Crippen molar-refractivity contribution in [3.8, 4) is 5.75 Å². The van der Waals surface area contributed by atoms with Crippen LogP contribution in [0.4, 0.5) is 0 Å². The number of nitrogens with zero attached hydrogens (tertiary/aromatic N) is 1. The van der Waals surface area contributed by atoms with Crippen LogP contribution in [0.25, 0.3) is 0 Å². The molecule has 21 heavy (non-hydrogen) atoms. The SMILES string of the molecule is CN(CCOc1ccc(CC(N)=S)cc1)Cc1cccs1. The van der Waals surface area contributed by atoms with Gasteiger partial charge >= 0.3 is 0 Å². The van der Waals surface area contributed by atoms with Crippen molar-refractivity contribution in [2.45, 2.75) is 13.0 Å². The van der Waals surface area contributed by atoms with Gasteiger partial charge in [-0.25, -0.2) is 0 Å². The van der Waals surface area contributed by atoms with Gasteiger partial charge in [-0.15, -0.1) is 11.3 Å². The highest BCUT2D eigenvalue weighted by molar-refractivity contribution is 7.80. The van der Waals surface area contributed by atoms with Crippen molar-refractivity contribution in [2.75, 3.05) is 20.2 Å². The minimum atomic E-state index is 0.513. The monoisotopic (exact) mass is 320 g/mol. The second-order valence-electron chi connectivity index (χ2n) is 4.95. The molecule has 3 nitrogen and oxygen atoms in total. The lowest BCUT2D eigenvalue weighted by Crippen LogP contribution is -2.23. The molecule has 2 N–H and O–H groups in total. The number of likely N-dealkylation sites (N-methyl/N-ethyl adjacent to an activating group) is 1. The zero-order chi connectivity index (χ0) is 15.1. The third-order valence-electron chi connectivity index (χ3n) is 3.05. The number of thiocarbonyl (C=S) groups is 1. The summed E-state index contributed by atoms with van der Waals surface area (Å²) in [4.78, 5) is 4.14. The maximum atomic E-state index is 5.75. The van der Waals surface area contributed by atoms with Crippen molar-refractivity contribution in [3.05, 3.63) is 52.2 Å².